The van der Waals surface area contributed by atoms with Gasteiger partial charge in [0.05, 0.1) is 40.5 Å². The molecule has 0 bridgehead atoms. The molecule has 9 heteroatoms. The Balaban J connectivity index is 0.000000172. The average molecular weight is 692 g/mol. The largest absolute Gasteiger partial charge is 0.322 e. The minimum Gasteiger partial charge on any atom is -0.322 e. The van der Waals surface area contributed by atoms with E-state index in [1.54, 1.807) is 0 Å². The predicted molar refractivity (Wildman–Crippen MR) is 197 cm³/mol. The van der Waals surface area contributed by atoms with E-state index in [1.807, 2.05) is 116 Å². The lowest BCUT2D eigenvalue weighted by Crippen LogP contribution is -2.21. The minimum atomic E-state index is -1.58. The highest BCUT2D eigenvalue weighted by Gasteiger charge is 2.19. The summed E-state index contributed by atoms with van der Waals surface area (Å²) in [5, 5.41) is 1.40. The molecule has 47 heavy (non-hydrogen) atoms. The van der Waals surface area contributed by atoms with Gasteiger partial charge in [-0.2, -0.15) is 0 Å². The second kappa shape index (κ2) is 15.7. The zero-order valence-corrected chi connectivity index (χ0v) is 28.5. The summed E-state index contributed by atoms with van der Waals surface area (Å²) in [5.74, 6) is 0.955. The van der Waals surface area contributed by atoms with Gasteiger partial charge >= 0.3 is 0 Å². The number of nitrogens with zero attached hydrogens (tertiary/aromatic N) is 6. The van der Waals surface area contributed by atoms with Crippen molar-refractivity contribution in [3.8, 4) is 0 Å². The van der Waals surface area contributed by atoms with Crippen LogP contribution in [-0.4, -0.2) is 55.1 Å². The quantitative estimate of drug-likeness (QED) is 0.160. The smallest absolute Gasteiger partial charge is 0.124 e. The first-order valence-electron chi connectivity index (χ1n) is 18.0. The third-order valence-corrected chi connectivity index (χ3v) is 9.05. The Kier molecular flexibility index (Phi) is 9.54. The van der Waals surface area contributed by atoms with Crippen molar-refractivity contribution in [1.29, 1.82) is 0 Å². The highest BCUT2D eigenvalue weighted by molar-refractivity contribution is 6.30. The molecule has 6 nitrogen and oxygen atoms in total. The van der Waals surface area contributed by atoms with Crippen LogP contribution < -0.4 is 0 Å². The van der Waals surface area contributed by atoms with Gasteiger partial charge in [-0.1, -0.05) is 71.7 Å². The van der Waals surface area contributed by atoms with Gasteiger partial charge in [-0.25, -0.2) is 9.97 Å². The fourth-order valence-electron chi connectivity index (χ4n) is 6.13. The standard InChI is InChI=1S/2C19H20ClN3.ClH/c2*20-16-9-7-15(8-10-16)13-23-18-6-2-1-5-17(18)21-19(23)14-22-11-3-4-12-22;/h2*1-2,5-10H,3-4,11-14H2;1H/i2*14D2;. The van der Waals surface area contributed by atoms with Crippen LogP contribution in [0.15, 0.2) is 97.1 Å². The minimum absolute atomic E-state index is 0. The maximum Gasteiger partial charge on any atom is 0.124 e. The van der Waals surface area contributed by atoms with Gasteiger partial charge < -0.3 is 9.13 Å². The van der Waals surface area contributed by atoms with Gasteiger partial charge in [0.25, 0.3) is 0 Å². The molecule has 4 aromatic carbocycles. The number of benzene rings is 4. The van der Waals surface area contributed by atoms with Crippen LogP contribution in [0, 0.1) is 0 Å². The van der Waals surface area contributed by atoms with Crippen molar-refractivity contribution in [1.82, 2.24) is 28.9 Å². The van der Waals surface area contributed by atoms with Crippen LogP contribution in [-0.2, 0) is 26.1 Å². The van der Waals surface area contributed by atoms with E-state index in [9.17, 15) is 0 Å². The van der Waals surface area contributed by atoms with Gasteiger partial charge in [0, 0.05) is 23.1 Å². The van der Waals surface area contributed by atoms with Crippen molar-refractivity contribution in [3.05, 3.63) is 130 Å². The first-order chi connectivity index (χ1) is 24.1. The Labute approximate surface area is 299 Å². The molecule has 2 aliphatic rings. The van der Waals surface area contributed by atoms with Gasteiger partial charge in [0.15, 0.2) is 0 Å². The van der Waals surface area contributed by atoms with Crippen LogP contribution in [0.2, 0.25) is 10.0 Å². The normalized spacial score (nSPS) is 17.1. The number of hydrogen-bond donors (Lipinski definition) is 0. The van der Waals surface area contributed by atoms with Gasteiger partial charge in [0.1, 0.15) is 11.6 Å². The molecule has 6 aromatic rings. The van der Waals surface area contributed by atoms with Crippen molar-refractivity contribution in [3.63, 3.8) is 0 Å². The third-order valence-electron chi connectivity index (χ3n) is 8.55. The monoisotopic (exact) mass is 690 g/mol. The highest BCUT2D eigenvalue weighted by Crippen LogP contribution is 2.23. The Morgan fingerprint density at radius 2 is 0.894 bits per heavy atom. The number of fused-ring (bicyclic) bond motifs is 2. The van der Waals surface area contributed by atoms with Crippen molar-refractivity contribution in [2.75, 3.05) is 26.2 Å². The van der Waals surface area contributed by atoms with E-state index in [0.29, 0.717) is 34.8 Å². The Morgan fingerprint density at radius 1 is 0.532 bits per heavy atom. The third kappa shape index (κ3) is 8.19. The lowest BCUT2D eigenvalue weighted by molar-refractivity contribution is 0.318. The predicted octanol–water partition coefficient (Wildman–Crippen LogP) is 9.09. The van der Waals surface area contributed by atoms with E-state index in [4.69, 9.17) is 28.7 Å². The number of para-hydroxylation sites is 4. The molecule has 0 aliphatic carbocycles. The van der Waals surface area contributed by atoms with Gasteiger partial charge in [-0.05, 0) is 112 Å². The summed E-state index contributed by atoms with van der Waals surface area (Å²) in [6.07, 6.45) is 4.15. The summed E-state index contributed by atoms with van der Waals surface area (Å²) < 4.78 is 38.9. The number of likely N-dealkylation sites (tertiary alicyclic amines) is 2. The van der Waals surface area contributed by atoms with E-state index < -0.39 is 13.0 Å². The highest BCUT2D eigenvalue weighted by atomic mass is 35.5. The maximum absolute atomic E-state index is 8.73. The van der Waals surface area contributed by atoms with Crippen LogP contribution in [0.3, 0.4) is 0 Å². The maximum atomic E-state index is 8.73. The zero-order chi connectivity index (χ0) is 34.9. The molecule has 0 amide bonds. The number of rotatable bonds is 8. The topological polar surface area (TPSA) is 42.1 Å². The number of imidazole rings is 2. The summed E-state index contributed by atoms with van der Waals surface area (Å²) in [7, 11) is 0. The molecular weight excluding hydrogens is 647 g/mol. The molecule has 2 aromatic heterocycles. The van der Waals surface area contributed by atoms with Gasteiger partial charge in [0.2, 0.25) is 0 Å². The van der Waals surface area contributed by atoms with E-state index in [2.05, 4.69) is 9.97 Å². The van der Waals surface area contributed by atoms with Gasteiger partial charge in [-0.15, -0.1) is 12.4 Å². The summed E-state index contributed by atoms with van der Waals surface area (Å²) in [6.45, 7) is 1.08. The number of aromatic nitrogens is 4. The summed E-state index contributed by atoms with van der Waals surface area (Å²) in [6, 6.07) is 31.1. The van der Waals surface area contributed by atoms with Crippen LogP contribution >= 0.6 is 35.6 Å². The summed E-state index contributed by atoms with van der Waals surface area (Å²) >= 11 is 12.0. The molecule has 0 N–H and O–H groups in total. The zero-order valence-electron chi connectivity index (χ0n) is 30.2. The first-order valence-corrected chi connectivity index (χ1v) is 16.8. The van der Waals surface area contributed by atoms with E-state index in [1.165, 1.54) is 0 Å². The van der Waals surface area contributed by atoms with Crippen molar-refractivity contribution >= 4 is 57.7 Å². The lowest BCUT2D eigenvalue weighted by Gasteiger charge is -2.16. The molecular formula is C38H41Cl3N6. The number of hydrogen-bond acceptors (Lipinski definition) is 4. The molecule has 0 saturated carbocycles. The average Bonchev–Trinajstić information content (AvgIpc) is 3.95. The van der Waals surface area contributed by atoms with Crippen molar-refractivity contribution < 1.29 is 5.48 Å². The Morgan fingerprint density at radius 3 is 1.28 bits per heavy atom. The molecule has 8 rings (SSSR count). The fourth-order valence-corrected chi connectivity index (χ4v) is 6.38. The first kappa shape index (κ1) is 28.6. The molecule has 2 fully saturated rings. The Bertz CT molecular complexity index is 1920. The van der Waals surface area contributed by atoms with E-state index >= 15 is 0 Å². The van der Waals surface area contributed by atoms with Crippen LogP contribution in [0.1, 0.15) is 53.9 Å². The molecule has 0 atom stereocenters. The second-order valence-electron chi connectivity index (χ2n) is 11.9. The van der Waals surface area contributed by atoms with Crippen LogP contribution in [0.25, 0.3) is 22.1 Å². The molecule has 0 radical (unpaired) electrons. The summed E-state index contributed by atoms with van der Waals surface area (Å²) in [5.41, 5.74) is 5.71. The molecule has 4 heterocycles. The second-order valence-corrected chi connectivity index (χ2v) is 12.8. The lowest BCUT2D eigenvalue weighted by atomic mass is 10.2. The fraction of sp³-hybridized carbons (Fsp3) is 0.316. The molecule has 2 saturated heterocycles. The SMILES string of the molecule is Cl.[2H]C([2H])(c1nc2ccccc2n1Cc1ccc(Cl)cc1)N1CCCC1.[2H]C([2H])(c1nc2ccccc2n1Cc1ccc(Cl)cc1)N1CCCC1. The van der Waals surface area contributed by atoms with Crippen LogP contribution in [0.5, 0.6) is 0 Å². The van der Waals surface area contributed by atoms with E-state index in [-0.39, 0.29) is 12.4 Å². The van der Waals surface area contributed by atoms with Crippen LogP contribution in [0.4, 0.5) is 0 Å². The summed E-state index contributed by atoms with van der Waals surface area (Å²) in [4.78, 5) is 13.1. The van der Waals surface area contributed by atoms with Gasteiger partial charge in [-0.3, -0.25) is 9.80 Å². The van der Waals surface area contributed by atoms with Crippen molar-refractivity contribution in [2.45, 2.75) is 51.8 Å². The number of halogens is 3. The molecule has 244 valence electrons. The molecule has 0 unspecified atom stereocenters. The van der Waals surface area contributed by atoms with Crippen molar-refractivity contribution in [2.24, 2.45) is 0 Å². The van der Waals surface area contributed by atoms with E-state index in [0.717, 1.165) is 85.1 Å². The molecule has 2 aliphatic heterocycles. The molecule has 0 spiro atoms. The Hall–Kier alpha value is -3.39.